The predicted octanol–water partition coefficient (Wildman–Crippen LogP) is 3.63. The summed E-state index contributed by atoms with van der Waals surface area (Å²) in [6.45, 7) is 11.1. The second-order valence-electron chi connectivity index (χ2n) is 10.7. The van der Waals surface area contributed by atoms with Gasteiger partial charge in [0.2, 0.25) is 0 Å². The van der Waals surface area contributed by atoms with Crippen LogP contribution in [0.5, 0.6) is 0 Å². The zero-order valence-corrected chi connectivity index (χ0v) is 23.1. The summed E-state index contributed by atoms with van der Waals surface area (Å²) in [7, 11) is 0. The Morgan fingerprint density at radius 3 is 2.57 bits per heavy atom. The Hall–Kier alpha value is -2.00. The third kappa shape index (κ3) is 10.3. The maximum atomic E-state index is 12.5. The fraction of sp³-hybridized carbons (Fsp3) is 0.724. The monoisotopic (exact) mass is 522 g/mol. The minimum Gasteiger partial charge on any atom is -0.459 e. The molecule has 1 saturated heterocycles. The molecule has 2 rings (SSSR count). The second-order valence-corrected chi connectivity index (χ2v) is 10.7. The second kappa shape index (κ2) is 14.8. The molecule has 0 aromatic carbocycles. The molecule has 0 aromatic rings. The lowest BCUT2D eigenvalue weighted by Gasteiger charge is -2.26. The standard InChI is InChI=1S/C29H46O8/c1-7-23(32)20(5)29-26(36-29)15-17(2)9-8-10-18(3)28-19(4)11-13-24(33)25(35-21(6)30)14-12-22(31)16-27(34)37-28/h8-11,13,17,19-20,22-26,28-29,31-33H,7,12,14-16H2,1-6H3. The van der Waals surface area contributed by atoms with Crippen LogP contribution in [0, 0.1) is 17.8 Å². The SMILES string of the molecule is CCC(O)C(C)C1OC1CC(C)C=CC=C(C)C1OC(=O)CC(O)CCC(OC(C)=O)C(O)C=CC1C. The summed E-state index contributed by atoms with van der Waals surface area (Å²) < 4.78 is 16.8. The van der Waals surface area contributed by atoms with Crippen molar-refractivity contribution < 1.29 is 39.1 Å². The molecule has 37 heavy (non-hydrogen) atoms. The molecule has 8 heteroatoms. The molecule has 2 aliphatic rings. The van der Waals surface area contributed by atoms with E-state index in [2.05, 4.69) is 13.0 Å². The molecule has 0 spiro atoms. The number of aliphatic hydroxyl groups is 3. The number of aliphatic hydroxyl groups excluding tert-OH is 3. The lowest BCUT2D eigenvalue weighted by Crippen LogP contribution is -2.33. The highest BCUT2D eigenvalue weighted by Gasteiger charge is 2.44. The van der Waals surface area contributed by atoms with E-state index in [4.69, 9.17) is 14.2 Å². The van der Waals surface area contributed by atoms with E-state index in [-0.39, 0.29) is 55.3 Å². The first-order chi connectivity index (χ1) is 17.4. The fourth-order valence-electron chi connectivity index (χ4n) is 4.82. The van der Waals surface area contributed by atoms with Crippen molar-refractivity contribution in [2.45, 2.75) is 116 Å². The number of allylic oxidation sites excluding steroid dienone is 3. The van der Waals surface area contributed by atoms with Crippen molar-refractivity contribution in [3.05, 3.63) is 36.0 Å². The molecule has 210 valence electrons. The quantitative estimate of drug-likeness (QED) is 0.181. The van der Waals surface area contributed by atoms with Gasteiger partial charge in [-0.15, -0.1) is 0 Å². The maximum absolute atomic E-state index is 12.5. The number of rotatable bonds is 9. The highest BCUT2D eigenvalue weighted by molar-refractivity contribution is 5.70. The molecular formula is C29H46O8. The van der Waals surface area contributed by atoms with E-state index in [0.29, 0.717) is 0 Å². The van der Waals surface area contributed by atoms with Gasteiger partial charge in [0, 0.05) is 18.8 Å². The third-order valence-electron chi connectivity index (χ3n) is 7.25. The van der Waals surface area contributed by atoms with Gasteiger partial charge in [-0.3, -0.25) is 9.59 Å². The Labute approximate surface area is 221 Å². The molecular weight excluding hydrogens is 476 g/mol. The lowest BCUT2D eigenvalue weighted by molar-refractivity contribution is -0.154. The molecule has 0 aliphatic carbocycles. The summed E-state index contributed by atoms with van der Waals surface area (Å²) in [6.07, 6.45) is 7.63. The Bertz CT molecular complexity index is 834. The first-order valence-electron chi connectivity index (χ1n) is 13.5. The number of epoxide rings is 1. The predicted molar refractivity (Wildman–Crippen MR) is 140 cm³/mol. The van der Waals surface area contributed by atoms with E-state index in [9.17, 15) is 24.9 Å². The van der Waals surface area contributed by atoms with Crippen LogP contribution < -0.4 is 0 Å². The Morgan fingerprint density at radius 2 is 1.92 bits per heavy atom. The summed E-state index contributed by atoms with van der Waals surface area (Å²) in [5, 5.41) is 30.9. The lowest BCUT2D eigenvalue weighted by atomic mass is 9.93. The van der Waals surface area contributed by atoms with Gasteiger partial charge < -0.3 is 29.5 Å². The summed E-state index contributed by atoms with van der Waals surface area (Å²) in [6, 6.07) is 0. The van der Waals surface area contributed by atoms with Crippen LogP contribution >= 0.6 is 0 Å². The number of ether oxygens (including phenoxy) is 3. The summed E-state index contributed by atoms with van der Waals surface area (Å²) in [5.74, 6) is -0.888. The third-order valence-corrected chi connectivity index (χ3v) is 7.25. The van der Waals surface area contributed by atoms with Crippen molar-refractivity contribution in [2.24, 2.45) is 17.8 Å². The maximum Gasteiger partial charge on any atom is 0.309 e. The molecule has 0 saturated carbocycles. The normalized spacial score (nSPS) is 34.1. The van der Waals surface area contributed by atoms with Crippen molar-refractivity contribution in [3.8, 4) is 0 Å². The van der Waals surface area contributed by atoms with Crippen LogP contribution in [0.3, 0.4) is 0 Å². The number of cyclic esters (lactones) is 1. The van der Waals surface area contributed by atoms with Crippen molar-refractivity contribution in [1.29, 1.82) is 0 Å². The van der Waals surface area contributed by atoms with Gasteiger partial charge in [-0.2, -0.15) is 0 Å². The van der Waals surface area contributed by atoms with Gasteiger partial charge in [0.25, 0.3) is 0 Å². The number of carbonyl (C=O) groups excluding carboxylic acids is 2. The van der Waals surface area contributed by atoms with Gasteiger partial charge in [0.15, 0.2) is 0 Å². The molecule has 1 fully saturated rings. The number of carbonyl (C=O) groups is 2. The van der Waals surface area contributed by atoms with Gasteiger partial charge in [-0.05, 0) is 44.1 Å². The zero-order valence-electron chi connectivity index (χ0n) is 23.1. The molecule has 10 unspecified atom stereocenters. The molecule has 3 N–H and O–H groups in total. The highest BCUT2D eigenvalue weighted by atomic mass is 16.6. The molecule has 8 nitrogen and oxygen atoms in total. The number of hydrogen-bond acceptors (Lipinski definition) is 8. The summed E-state index contributed by atoms with van der Waals surface area (Å²) in [4.78, 5) is 24.0. The summed E-state index contributed by atoms with van der Waals surface area (Å²) >= 11 is 0. The Morgan fingerprint density at radius 1 is 1.22 bits per heavy atom. The molecule has 0 aromatic heterocycles. The minimum atomic E-state index is -1.03. The molecule has 2 heterocycles. The van der Waals surface area contributed by atoms with E-state index in [1.807, 2.05) is 39.8 Å². The van der Waals surface area contributed by atoms with E-state index >= 15 is 0 Å². The van der Waals surface area contributed by atoms with Crippen LogP contribution in [0.2, 0.25) is 0 Å². The zero-order chi connectivity index (χ0) is 27.7. The van der Waals surface area contributed by atoms with Gasteiger partial charge in [0.1, 0.15) is 18.3 Å². The average Bonchev–Trinajstić information content (AvgIpc) is 3.60. The van der Waals surface area contributed by atoms with E-state index in [1.54, 1.807) is 12.2 Å². The number of hydrogen-bond donors (Lipinski definition) is 3. The first kappa shape index (κ1) is 31.2. The van der Waals surface area contributed by atoms with Crippen molar-refractivity contribution in [1.82, 2.24) is 0 Å². The minimum absolute atomic E-state index is 0.109. The van der Waals surface area contributed by atoms with Crippen molar-refractivity contribution in [2.75, 3.05) is 0 Å². The number of esters is 2. The van der Waals surface area contributed by atoms with Crippen LogP contribution in [0.4, 0.5) is 0 Å². The van der Waals surface area contributed by atoms with Crippen molar-refractivity contribution >= 4 is 11.9 Å². The Kier molecular flexibility index (Phi) is 12.5. The van der Waals surface area contributed by atoms with Gasteiger partial charge in [0.05, 0.1) is 30.8 Å². The average molecular weight is 523 g/mol. The van der Waals surface area contributed by atoms with Gasteiger partial charge in [-0.25, -0.2) is 0 Å². The van der Waals surface area contributed by atoms with E-state index in [1.165, 1.54) is 6.92 Å². The van der Waals surface area contributed by atoms with Gasteiger partial charge >= 0.3 is 11.9 Å². The van der Waals surface area contributed by atoms with E-state index in [0.717, 1.165) is 18.4 Å². The fourth-order valence-corrected chi connectivity index (χ4v) is 4.82. The first-order valence-corrected chi connectivity index (χ1v) is 13.5. The smallest absolute Gasteiger partial charge is 0.309 e. The van der Waals surface area contributed by atoms with Crippen LogP contribution in [-0.4, -0.2) is 70.0 Å². The molecule has 0 radical (unpaired) electrons. The molecule has 0 bridgehead atoms. The molecule has 0 amide bonds. The van der Waals surface area contributed by atoms with Crippen LogP contribution in [0.15, 0.2) is 36.0 Å². The van der Waals surface area contributed by atoms with Gasteiger partial charge in [-0.1, -0.05) is 58.1 Å². The largest absolute Gasteiger partial charge is 0.459 e. The van der Waals surface area contributed by atoms with Crippen LogP contribution in [0.1, 0.15) is 73.6 Å². The van der Waals surface area contributed by atoms with Crippen LogP contribution in [0.25, 0.3) is 0 Å². The van der Waals surface area contributed by atoms with Crippen LogP contribution in [-0.2, 0) is 23.8 Å². The Balaban J connectivity index is 2.06. The topological polar surface area (TPSA) is 126 Å². The van der Waals surface area contributed by atoms with Crippen molar-refractivity contribution in [3.63, 3.8) is 0 Å². The summed E-state index contributed by atoms with van der Waals surface area (Å²) in [5.41, 5.74) is 0.826. The van der Waals surface area contributed by atoms with E-state index < -0.39 is 36.4 Å². The molecule has 10 atom stereocenters. The highest BCUT2D eigenvalue weighted by Crippen LogP contribution is 2.36. The molecule has 2 aliphatic heterocycles.